The maximum Gasteiger partial charge on any atom is 0.239 e. The van der Waals surface area contributed by atoms with E-state index in [9.17, 15) is 50.8 Å². The van der Waals surface area contributed by atoms with Gasteiger partial charge in [-0.15, -0.1) is 0 Å². The number of aliphatic hydroxyl groups is 6. The average Bonchev–Trinajstić information content (AvgIpc) is 3.20. The van der Waals surface area contributed by atoms with E-state index >= 15 is 0 Å². The molecule has 9 atom stereocenters. The summed E-state index contributed by atoms with van der Waals surface area (Å²) in [5.41, 5.74) is -1.25. The lowest BCUT2D eigenvalue weighted by atomic mass is 10.00. The number of aliphatic hydroxyl groups excluding tert-OH is 6. The number of benzene rings is 2. The molecule has 0 saturated carbocycles. The maximum absolute atomic E-state index is 14.0. The van der Waals surface area contributed by atoms with E-state index in [4.69, 9.17) is 23.4 Å². The molecular formula is C26H28O15. The third kappa shape index (κ3) is 5.13. The fourth-order valence-corrected chi connectivity index (χ4v) is 4.62. The van der Waals surface area contributed by atoms with E-state index in [2.05, 4.69) is 0 Å². The molecule has 0 amide bonds. The first-order valence-electron chi connectivity index (χ1n) is 12.4. The molecule has 2 aromatic carbocycles. The highest BCUT2D eigenvalue weighted by Crippen LogP contribution is 2.40. The van der Waals surface area contributed by atoms with Crippen molar-refractivity contribution < 1.29 is 69.3 Å². The monoisotopic (exact) mass is 580 g/mol. The zero-order chi connectivity index (χ0) is 29.7. The average molecular weight is 580 g/mol. The van der Waals surface area contributed by atoms with Crippen LogP contribution in [0.2, 0.25) is 0 Å². The Kier molecular flexibility index (Phi) is 7.71. The smallest absolute Gasteiger partial charge is 0.239 e. The zero-order valence-corrected chi connectivity index (χ0v) is 21.3. The number of phenolic OH excluding ortho intramolecular Hbond substituents is 3. The molecule has 3 heterocycles. The van der Waals surface area contributed by atoms with Crippen LogP contribution in [-0.4, -0.2) is 108 Å². The number of aromatic hydroxyl groups is 3. The van der Waals surface area contributed by atoms with Crippen molar-refractivity contribution in [3.63, 3.8) is 0 Å². The van der Waals surface area contributed by atoms with Gasteiger partial charge in [0.2, 0.25) is 23.8 Å². The summed E-state index contributed by atoms with van der Waals surface area (Å²) in [6.07, 6.45) is -13.7. The summed E-state index contributed by atoms with van der Waals surface area (Å²) in [7, 11) is 0. The van der Waals surface area contributed by atoms with Crippen LogP contribution < -0.4 is 14.9 Å². The highest BCUT2D eigenvalue weighted by Gasteiger charge is 2.45. The van der Waals surface area contributed by atoms with E-state index in [0.29, 0.717) is 0 Å². The predicted molar refractivity (Wildman–Crippen MR) is 134 cm³/mol. The summed E-state index contributed by atoms with van der Waals surface area (Å²) in [6.45, 7) is 0.748. The summed E-state index contributed by atoms with van der Waals surface area (Å²) < 4.78 is 28.0. The van der Waals surface area contributed by atoms with Gasteiger partial charge in [-0.3, -0.25) is 4.79 Å². The van der Waals surface area contributed by atoms with E-state index in [0.717, 1.165) is 24.3 Å². The molecule has 0 radical (unpaired) electrons. The number of hydrogen-bond donors (Lipinski definition) is 9. The minimum absolute atomic E-state index is 0.00232. The van der Waals surface area contributed by atoms with Gasteiger partial charge in [-0.05, 0) is 25.1 Å². The van der Waals surface area contributed by atoms with Crippen molar-refractivity contribution in [3.05, 3.63) is 40.6 Å². The fraction of sp³-hybridized carbons (Fsp3) is 0.423. The Morgan fingerprint density at radius 3 is 2.15 bits per heavy atom. The van der Waals surface area contributed by atoms with Gasteiger partial charge in [0.25, 0.3) is 0 Å². The van der Waals surface area contributed by atoms with Crippen LogP contribution in [0.1, 0.15) is 6.92 Å². The highest BCUT2D eigenvalue weighted by molar-refractivity contribution is 5.88. The van der Waals surface area contributed by atoms with Crippen molar-refractivity contribution in [2.45, 2.75) is 62.2 Å². The molecule has 0 bridgehead atoms. The summed E-state index contributed by atoms with van der Waals surface area (Å²) in [6, 6.07) is 5.47. The van der Waals surface area contributed by atoms with Crippen LogP contribution >= 0.6 is 0 Å². The number of ether oxygens (including phenoxy) is 4. The van der Waals surface area contributed by atoms with Crippen LogP contribution in [-0.2, 0) is 9.47 Å². The van der Waals surface area contributed by atoms with Gasteiger partial charge in [0, 0.05) is 17.7 Å². The van der Waals surface area contributed by atoms with Crippen LogP contribution in [0.5, 0.6) is 28.7 Å². The van der Waals surface area contributed by atoms with Gasteiger partial charge in [-0.2, -0.15) is 0 Å². The Balaban J connectivity index is 1.67. The van der Waals surface area contributed by atoms with Crippen LogP contribution in [0.25, 0.3) is 22.3 Å². The van der Waals surface area contributed by atoms with Crippen molar-refractivity contribution in [1.82, 2.24) is 0 Å². The molecule has 2 saturated heterocycles. The fourth-order valence-electron chi connectivity index (χ4n) is 4.62. The molecule has 0 spiro atoms. The number of fused-ring (bicyclic) bond motifs is 1. The highest BCUT2D eigenvalue weighted by atomic mass is 16.7. The SMILES string of the molecule is C[C@H]1OC(Oc2c(-c3ccc(O)c(O)c3)oc3cc(O)cc(OC4O[C@H](CO)[C@H](O)[C@H]4O)c3c2=O)[C@@H](O)[C@@H](O)[C@@H]1O. The molecule has 2 unspecified atom stereocenters. The third-order valence-corrected chi connectivity index (χ3v) is 6.92. The van der Waals surface area contributed by atoms with E-state index in [-0.39, 0.29) is 28.0 Å². The second-order valence-electron chi connectivity index (χ2n) is 9.73. The van der Waals surface area contributed by atoms with E-state index in [1.165, 1.54) is 13.0 Å². The zero-order valence-electron chi connectivity index (χ0n) is 21.3. The molecule has 2 aliphatic heterocycles. The largest absolute Gasteiger partial charge is 0.508 e. The van der Waals surface area contributed by atoms with Gasteiger partial charge < -0.3 is 69.3 Å². The maximum atomic E-state index is 14.0. The van der Waals surface area contributed by atoms with Gasteiger partial charge in [0.15, 0.2) is 17.3 Å². The van der Waals surface area contributed by atoms with Crippen molar-refractivity contribution in [3.8, 4) is 40.1 Å². The quantitative estimate of drug-likeness (QED) is 0.152. The molecule has 3 aromatic rings. The van der Waals surface area contributed by atoms with Crippen molar-refractivity contribution in [2.24, 2.45) is 0 Å². The number of rotatable bonds is 6. The van der Waals surface area contributed by atoms with Gasteiger partial charge >= 0.3 is 0 Å². The molecular weight excluding hydrogens is 552 g/mol. The lowest BCUT2D eigenvalue weighted by Crippen LogP contribution is -2.58. The second-order valence-corrected chi connectivity index (χ2v) is 9.73. The van der Waals surface area contributed by atoms with Gasteiger partial charge in [-0.1, -0.05) is 0 Å². The molecule has 41 heavy (non-hydrogen) atoms. The molecule has 0 aliphatic carbocycles. The molecule has 1 aromatic heterocycles. The van der Waals surface area contributed by atoms with Crippen LogP contribution in [0.15, 0.2) is 39.5 Å². The van der Waals surface area contributed by atoms with Crippen molar-refractivity contribution >= 4 is 11.0 Å². The lowest BCUT2D eigenvalue weighted by Gasteiger charge is -2.38. The van der Waals surface area contributed by atoms with Gasteiger partial charge in [0.1, 0.15) is 59.1 Å². The van der Waals surface area contributed by atoms with Crippen molar-refractivity contribution in [1.29, 1.82) is 0 Å². The van der Waals surface area contributed by atoms with Crippen LogP contribution in [0, 0.1) is 0 Å². The lowest BCUT2D eigenvalue weighted by molar-refractivity contribution is -0.268. The Bertz CT molecular complexity index is 1490. The minimum atomic E-state index is -1.83. The normalized spacial score (nSPS) is 31.8. The second kappa shape index (κ2) is 11.0. The van der Waals surface area contributed by atoms with E-state index in [1.54, 1.807) is 0 Å². The Labute approximate surface area is 230 Å². The molecule has 15 heteroatoms. The topological polar surface area (TPSA) is 249 Å². The van der Waals surface area contributed by atoms with E-state index < -0.39 is 90.3 Å². The van der Waals surface area contributed by atoms with Crippen LogP contribution in [0.4, 0.5) is 0 Å². The Hall–Kier alpha value is -3.67. The first kappa shape index (κ1) is 28.8. The number of hydrogen-bond acceptors (Lipinski definition) is 15. The van der Waals surface area contributed by atoms with E-state index in [1.807, 2.05) is 0 Å². The first-order valence-corrected chi connectivity index (χ1v) is 12.4. The van der Waals surface area contributed by atoms with Crippen LogP contribution in [0.3, 0.4) is 0 Å². The standard InChI is InChI=1S/C26H28O15/c1-8-17(31)20(34)22(36)25(37-8)41-24-19(33)16-13(38-23(24)9-2-3-11(29)12(30)4-9)5-10(28)6-14(16)39-26-21(35)18(32)15(7-27)40-26/h2-6,8,15,17-18,20-22,25-32,34-36H,7H2,1H3/t8-,15-,17-,18+,20+,21-,22+,25?,26?/m1/s1. The van der Waals surface area contributed by atoms with Crippen molar-refractivity contribution in [2.75, 3.05) is 6.61 Å². The van der Waals surface area contributed by atoms with Gasteiger partial charge in [-0.25, -0.2) is 0 Å². The molecule has 5 rings (SSSR count). The minimum Gasteiger partial charge on any atom is -0.508 e. The molecule has 2 fully saturated rings. The summed E-state index contributed by atoms with van der Waals surface area (Å²) in [5.74, 6) is -2.88. The first-order chi connectivity index (χ1) is 19.4. The number of phenols is 3. The predicted octanol–water partition coefficient (Wildman–Crippen LogP) is -1.40. The third-order valence-electron chi connectivity index (χ3n) is 6.92. The summed E-state index contributed by atoms with van der Waals surface area (Å²) >= 11 is 0. The Morgan fingerprint density at radius 1 is 0.805 bits per heavy atom. The summed E-state index contributed by atoms with van der Waals surface area (Å²) in [5, 5.41) is 90.3. The molecule has 15 nitrogen and oxygen atoms in total. The molecule has 9 N–H and O–H groups in total. The summed E-state index contributed by atoms with van der Waals surface area (Å²) in [4.78, 5) is 14.0. The van der Waals surface area contributed by atoms with Gasteiger partial charge in [0.05, 0.1) is 12.7 Å². The Morgan fingerprint density at radius 2 is 1.49 bits per heavy atom. The molecule has 2 aliphatic rings. The molecule has 222 valence electrons.